The van der Waals surface area contributed by atoms with Crippen molar-refractivity contribution >= 4 is 0 Å². The summed E-state index contributed by atoms with van der Waals surface area (Å²) in [5, 5.41) is 11.1. The van der Waals surface area contributed by atoms with Crippen molar-refractivity contribution in [3.8, 4) is 0 Å². The normalized spacial score (nSPS) is 28.2. The van der Waals surface area contributed by atoms with E-state index < -0.39 is 11.5 Å². The maximum atomic E-state index is 11.1. The molecule has 1 aliphatic rings. The average Bonchev–Trinajstić information content (AvgIpc) is 2.82. The second-order valence-electron chi connectivity index (χ2n) is 3.95. The predicted molar refractivity (Wildman–Crippen MR) is 61.8 cm³/mol. The fourth-order valence-electron chi connectivity index (χ4n) is 2.31. The summed E-state index contributed by atoms with van der Waals surface area (Å²) in [5.41, 5.74) is 0.360. The van der Waals surface area contributed by atoms with Crippen LogP contribution in [-0.4, -0.2) is 15.9 Å². The fraction of sp³-hybridized carbons (Fsp3) is 0.333. The van der Waals surface area contributed by atoms with Crippen LogP contribution in [0.1, 0.15) is 19.0 Å². The molecular weight excluding hydrogens is 204 g/mol. The molecule has 2 atom stereocenters. The Labute approximate surface area is 93.8 Å². The van der Waals surface area contributed by atoms with Crippen molar-refractivity contribution in [3.63, 3.8) is 0 Å². The summed E-state index contributed by atoms with van der Waals surface area (Å²) < 4.78 is 0. The molecule has 0 radical (unpaired) electrons. The van der Waals surface area contributed by atoms with Crippen LogP contribution >= 0.6 is 0 Å². The van der Waals surface area contributed by atoms with Crippen LogP contribution in [0.25, 0.3) is 0 Å². The van der Waals surface area contributed by atoms with E-state index in [-0.39, 0.29) is 4.92 Å². The van der Waals surface area contributed by atoms with Crippen LogP contribution in [0.4, 0.5) is 0 Å². The lowest BCUT2D eigenvalue weighted by atomic mass is 9.73. The van der Waals surface area contributed by atoms with Gasteiger partial charge in [0, 0.05) is 16.8 Å². The molecule has 2 unspecified atom stereocenters. The lowest BCUT2D eigenvalue weighted by Gasteiger charge is -2.31. The summed E-state index contributed by atoms with van der Waals surface area (Å²) in [5.74, 6) is 0. The van der Waals surface area contributed by atoms with Crippen LogP contribution in [0.5, 0.6) is 0 Å². The van der Waals surface area contributed by atoms with E-state index in [4.69, 9.17) is 0 Å². The molecule has 0 saturated heterocycles. The van der Waals surface area contributed by atoms with E-state index in [2.05, 4.69) is 4.98 Å². The third-order valence-corrected chi connectivity index (χ3v) is 3.24. The molecule has 2 rings (SSSR count). The summed E-state index contributed by atoms with van der Waals surface area (Å²) in [6, 6.07) is 3.08. The zero-order valence-corrected chi connectivity index (χ0v) is 9.09. The predicted octanol–water partition coefficient (Wildman–Crippen LogP) is 2.43. The van der Waals surface area contributed by atoms with E-state index >= 15 is 0 Å². The highest BCUT2D eigenvalue weighted by Crippen LogP contribution is 2.36. The van der Waals surface area contributed by atoms with Crippen molar-refractivity contribution in [1.29, 1.82) is 0 Å². The van der Waals surface area contributed by atoms with Crippen LogP contribution < -0.4 is 0 Å². The number of allylic oxidation sites excluding steroid dienone is 2. The summed E-state index contributed by atoms with van der Waals surface area (Å²) in [7, 11) is 0. The Kier molecular flexibility index (Phi) is 2.64. The quantitative estimate of drug-likeness (QED) is 0.625. The minimum Gasteiger partial charge on any atom is -0.364 e. The number of nitrogens with one attached hydrogen (secondary N) is 1. The molecule has 0 amide bonds. The van der Waals surface area contributed by atoms with Crippen LogP contribution in [0, 0.1) is 10.1 Å². The van der Waals surface area contributed by atoms with Gasteiger partial charge in [-0.05, 0) is 24.6 Å². The van der Waals surface area contributed by atoms with Gasteiger partial charge >= 0.3 is 0 Å². The summed E-state index contributed by atoms with van der Waals surface area (Å²) in [6.45, 7) is 1.97. The molecule has 4 heteroatoms. The number of nitro groups is 1. The number of hydrogen-bond donors (Lipinski definition) is 1. The van der Waals surface area contributed by atoms with E-state index in [0.717, 1.165) is 5.69 Å². The monoisotopic (exact) mass is 218 g/mol. The number of aromatic amines is 1. The molecule has 0 aromatic carbocycles. The Balaban J connectivity index is 2.50. The molecule has 1 aromatic heterocycles. The van der Waals surface area contributed by atoms with Gasteiger partial charge in [-0.15, -0.1) is 0 Å². The van der Waals surface area contributed by atoms with Gasteiger partial charge in [0.25, 0.3) is 0 Å². The topological polar surface area (TPSA) is 58.9 Å². The van der Waals surface area contributed by atoms with Gasteiger partial charge in [0.05, 0.1) is 5.41 Å². The number of H-pyrrole nitrogens is 1. The molecule has 4 nitrogen and oxygen atoms in total. The van der Waals surface area contributed by atoms with Crippen LogP contribution in [0.2, 0.25) is 0 Å². The van der Waals surface area contributed by atoms with E-state index in [1.54, 1.807) is 18.3 Å². The highest BCUT2D eigenvalue weighted by atomic mass is 16.6. The van der Waals surface area contributed by atoms with Crippen LogP contribution in [-0.2, 0) is 5.41 Å². The third-order valence-electron chi connectivity index (χ3n) is 3.24. The van der Waals surface area contributed by atoms with Gasteiger partial charge in [-0.3, -0.25) is 10.1 Å². The van der Waals surface area contributed by atoms with E-state index in [1.165, 1.54) is 0 Å². The Morgan fingerprint density at radius 2 is 2.38 bits per heavy atom. The second-order valence-corrected chi connectivity index (χ2v) is 3.95. The van der Waals surface area contributed by atoms with Gasteiger partial charge in [-0.1, -0.05) is 25.2 Å². The van der Waals surface area contributed by atoms with Crippen LogP contribution in [0.15, 0.2) is 42.6 Å². The highest BCUT2D eigenvalue weighted by Gasteiger charge is 2.45. The van der Waals surface area contributed by atoms with Gasteiger partial charge in [-0.2, -0.15) is 0 Å². The molecule has 1 heterocycles. The molecule has 1 aromatic rings. The number of aromatic nitrogens is 1. The van der Waals surface area contributed by atoms with Gasteiger partial charge in [0.2, 0.25) is 6.04 Å². The lowest BCUT2D eigenvalue weighted by Crippen LogP contribution is -2.42. The Morgan fingerprint density at radius 3 is 2.94 bits per heavy atom. The first kappa shape index (κ1) is 10.7. The van der Waals surface area contributed by atoms with E-state index in [1.807, 2.05) is 31.2 Å². The Morgan fingerprint density at radius 1 is 1.56 bits per heavy atom. The second kappa shape index (κ2) is 3.96. The van der Waals surface area contributed by atoms with Crippen molar-refractivity contribution in [1.82, 2.24) is 4.98 Å². The third kappa shape index (κ3) is 1.46. The molecule has 0 fully saturated rings. The standard InChI is InChI=1S/C12H14N2O2/c1-2-12(10-6-5-9-13-10)8-4-3-7-11(12)14(15)16/h3-9,11,13H,2H2,1H3. The van der Waals surface area contributed by atoms with Crippen molar-refractivity contribution in [3.05, 3.63) is 58.4 Å². The van der Waals surface area contributed by atoms with Gasteiger partial charge < -0.3 is 4.98 Å². The summed E-state index contributed by atoms with van der Waals surface area (Å²) in [4.78, 5) is 14.0. The summed E-state index contributed by atoms with van der Waals surface area (Å²) >= 11 is 0. The highest BCUT2D eigenvalue weighted by molar-refractivity contribution is 5.34. The maximum absolute atomic E-state index is 11.1. The van der Waals surface area contributed by atoms with Gasteiger partial charge in [0.1, 0.15) is 0 Å². The molecule has 0 aliphatic heterocycles. The number of rotatable bonds is 3. The first-order valence-electron chi connectivity index (χ1n) is 5.34. The van der Waals surface area contributed by atoms with Crippen molar-refractivity contribution < 1.29 is 4.92 Å². The molecule has 0 saturated carbocycles. The van der Waals surface area contributed by atoms with Crippen molar-refractivity contribution in [2.75, 3.05) is 0 Å². The number of nitrogens with zero attached hydrogens (tertiary/aromatic N) is 1. The largest absolute Gasteiger partial charge is 0.364 e. The van der Waals surface area contributed by atoms with Crippen molar-refractivity contribution in [2.24, 2.45) is 0 Å². The molecule has 16 heavy (non-hydrogen) atoms. The minimum atomic E-state index is -0.693. The van der Waals surface area contributed by atoms with Gasteiger partial charge in [0.15, 0.2) is 0 Å². The zero-order valence-electron chi connectivity index (χ0n) is 9.09. The van der Waals surface area contributed by atoms with Crippen molar-refractivity contribution in [2.45, 2.75) is 24.8 Å². The first-order chi connectivity index (χ1) is 7.70. The first-order valence-corrected chi connectivity index (χ1v) is 5.34. The smallest absolute Gasteiger partial charge is 0.245 e. The molecular formula is C12H14N2O2. The van der Waals surface area contributed by atoms with Crippen LogP contribution in [0.3, 0.4) is 0 Å². The minimum absolute atomic E-state index is 0.218. The molecule has 0 spiro atoms. The van der Waals surface area contributed by atoms with E-state index in [0.29, 0.717) is 6.42 Å². The Bertz CT molecular complexity index is 434. The SMILES string of the molecule is CCC1(c2ccc[nH]2)C=CC=CC1[N+](=O)[O-]. The Hall–Kier alpha value is -1.84. The average molecular weight is 218 g/mol. The molecule has 84 valence electrons. The molecule has 1 N–H and O–H groups in total. The number of hydrogen-bond acceptors (Lipinski definition) is 2. The fourth-order valence-corrected chi connectivity index (χ4v) is 2.31. The molecule has 0 bridgehead atoms. The lowest BCUT2D eigenvalue weighted by molar-refractivity contribution is -0.519. The summed E-state index contributed by atoms with van der Waals surface area (Å²) in [6.07, 6.45) is 9.70. The maximum Gasteiger partial charge on any atom is 0.245 e. The molecule has 1 aliphatic carbocycles. The van der Waals surface area contributed by atoms with E-state index in [9.17, 15) is 10.1 Å². The zero-order chi connectivity index (χ0) is 11.6. The van der Waals surface area contributed by atoms with Gasteiger partial charge in [-0.25, -0.2) is 0 Å².